The standard InChI is InChI=1S/C12H10N2O4/c15-7-9-1-3-10(4-2-9)18-8-14-11(16)5-6-13-12(14)17/h1-7H,8H2,(H,13,17). The molecular formula is C12H10N2O4. The quantitative estimate of drug-likeness (QED) is 0.791. The predicted molar refractivity (Wildman–Crippen MR) is 63.8 cm³/mol. The minimum Gasteiger partial charge on any atom is -0.472 e. The lowest BCUT2D eigenvalue weighted by atomic mass is 10.2. The average Bonchev–Trinajstić information content (AvgIpc) is 2.39. The first-order valence-corrected chi connectivity index (χ1v) is 5.17. The van der Waals surface area contributed by atoms with E-state index in [1.807, 2.05) is 0 Å². The molecule has 6 nitrogen and oxygen atoms in total. The maximum atomic E-state index is 11.4. The summed E-state index contributed by atoms with van der Waals surface area (Å²) in [5.41, 5.74) is -0.452. The summed E-state index contributed by atoms with van der Waals surface area (Å²) in [6, 6.07) is 7.58. The first-order valence-electron chi connectivity index (χ1n) is 5.17. The number of nitrogens with zero attached hydrogens (tertiary/aromatic N) is 1. The Morgan fingerprint density at radius 2 is 1.89 bits per heavy atom. The summed E-state index contributed by atoms with van der Waals surface area (Å²) in [6.45, 7) is -0.185. The molecule has 2 aromatic rings. The Labute approximate surface area is 101 Å². The SMILES string of the molecule is O=Cc1ccc(OCn2c(=O)cc[nH]c2=O)cc1. The van der Waals surface area contributed by atoms with Crippen molar-refractivity contribution in [1.82, 2.24) is 9.55 Å². The third kappa shape index (κ3) is 2.54. The third-order valence-electron chi connectivity index (χ3n) is 2.32. The molecule has 0 aliphatic heterocycles. The number of nitrogens with one attached hydrogen (secondary N) is 1. The average molecular weight is 246 g/mol. The van der Waals surface area contributed by atoms with Gasteiger partial charge in [-0.15, -0.1) is 0 Å². The lowest BCUT2D eigenvalue weighted by Gasteiger charge is -2.07. The van der Waals surface area contributed by atoms with Crippen LogP contribution in [-0.2, 0) is 6.73 Å². The van der Waals surface area contributed by atoms with E-state index in [0.717, 1.165) is 10.9 Å². The van der Waals surface area contributed by atoms with Crippen molar-refractivity contribution in [3.63, 3.8) is 0 Å². The van der Waals surface area contributed by atoms with Crippen molar-refractivity contribution >= 4 is 6.29 Å². The summed E-state index contributed by atoms with van der Waals surface area (Å²) in [4.78, 5) is 35.6. The molecule has 1 heterocycles. The van der Waals surface area contributed by atoms with Crippen molar-refractivity contribution in [2.75, 3.05) is 0 Å². The molecule has 1 aromatic heterocycles. The second-order valence-corrected chi connectivity index (χ2v) is 3.51. The highest BCUT2D eigenvalue weighted by molar-refractivity contribution is 5.74. The van der Waals surface area contributed by atoms with Gasteiger partial charge in [-0.25, -0.2) is 9.36 Å². The van der Waals surface area contributed by atoms with Gasteiger partial charge in [0.2, 0.25) is 0 Å². The van der Waals surface area contributed by atoms with Gasteiger partial charge in [0.1, 0.15) is 12.0 Å². The maximum absolute atomic E-state index is 11.4. The second kappa shape index (κ2) is 5.13. The summed E-state index contributed by atoms with van der Waals surface area (Å²) < 4.78 is 6.20. The number of benzene rings is 1. The fourth-order valence-electron chi connectivity index (χ4n) is 1.36. The number of rotatable bonds is 4. The smallest absolute Gasteiger partial charge is 0.331 e. The van der Waals surface area contributed by atoms with E-state index < -0.39 is 11.2 Å². The van der Waals surface area contributed by atoms with Gasteiger partial charge in [-0.05, 0) is 24.3 Å². The van der Waals surface area contributed by atoms with Gasteiger partial charge in [0, 0.05) is 17.8 Å². The van der Waals surface area contributed by atoms with Crippen LogP contribution in [0.4, 0.5) is 0 Å². The third-order valence-corrected chi connectivity index (χ3v) is 2.32. The largest absolute Gasteiger partial charge is 0.472 e. The fourth-order valence-corrected chi connectivity index (χ4v) is 1.36. The highest BCUT2D eigenvalue weighted by Gasteiger charge is 2.01. The molecule has 0 aliphatic carbocycles. The highest BCUT2D eigenvalue weighted by atomic mass is 16.5. The molecule has 0 atom stereocenters. The van der Waals surface area contributed by atoms with E-state index in [1.165, 1.54) is 12.3 Å². The van der Waals surface area contributed by atoms with Gasteiger partial charge in [-0.3, -0.25) is 9.59 Å². The monoisotopic (exact) mass is 246 g/mol. The van der Waals surface area contributed by atoms with Crippen LogP contribution in [-0.4, -0.2) is 15.8 Å². The molecule has 92 valence electrons. The maximum Gasteiger partial charge on any atom is 0.331 e. The molecule has 1 N–H and O–H groups in total. The highest BCUT2D eigenvalue weighted by Crippen LogP contribution is 2.10. The number of aromatic amines is 1. The normalized spacial score (nSPS) is 10.0. The van der Waals surface area contributed by atoms with Crippen LogP contribution in [0.1, 0.15) is 10.4 Å². The van der Waals surface area contributed by atoms with Crippen molar-refractivity contribution in [2.45, 2.75) is 6.73 Å². The lowest BCUT2D eigenvalue weighted by Crippen LogP contribution is -2.35. The van der Waals surface area contributed by atoms with Gasteiger partial charge < -0.3 is 9.72 Å². The molecule has 0 saturated heterocycles. The van der Waals surface area contributed by atoms with E-state index in [0.29, 0.717) is 11.3 Å². The van der Waals surface area contributed by atoms with Gasteiger partial charge in [0.05, 0.1) is 0 Å². The number of carbonyl (C=O) groups excluding carboxylic acids is 1. The zero-order chi connectivity index (χ0) is 13.0. The Balaban J connectivity index is 2.14. The van der Waals surface area contributed by atoms with Crippen LogP contribution in [0.15, 0.2) is 46.1 Å². The number of H-pyrrole nitrogens is 1. The van der Waals surface area contributed by atoms with Crippen molar-refractivity contribution < 1.29 is 9.53 Å². The number of ether oxygens (including phenoxy) is 1. The first-order chi connectivity index (χ1) is 8.70. The van der Waals surface area contributed by atoms with Crippen LogP contribution in [0.25, 0.3) is 0 Å². The Morgan fingerprint density at radius 1 is 1.17 bits per heavy atom. The Hall–Kier alpha value is -2.63. The molecule has 0 saturated carbocycles. The molecule has 0 unspecified atom stereocenters. The summed E-state index contributed by atoms with van der Waals surface area (Å²) in [5, 5.41) is 0. The molecule has 0 amide bonds. The number of carbonyl (C=O) groups is 1. The fraction of sp³-hybridized carbons (Fsp3) is 0.0833. The second-order valence-electron chi connectivity index (χ2n) is 3.51. The zero-order valence-corrected chi connectivity index (χ0v) is 9.33. The summed E-state index contributed by atoms with van der Waals surface area (Å²) in [6.07, 6.45) is 2.00. The predicted octanol–water partition coefficient (Wildman–Crippen LogP) is 0.386. The Kier molecular flexibility index (Phi) is 3.38. The van der Waals surface area contributed by atoms with Gasteiger partial charge in [0.25, 0.3) is 5.56 Å². The number of hydrogen-bond donors (Lipinski definition) is 1. The van der Waals surface area contributed by atoms with Gasteiger partial charge in [0.15, 0.2) is 6.73 Å². The molecule has 1 aromatic carbocycles. The molecule has 0 spiro atoms. The minimum atomic E-state index is -0.535. The summed E-state index contributed by atoms with van der Waals surface area (Å²) in [5.74, 6) is 0.468. The molecule has 6 heteroatoms. The summed E-state index contributed by atoms with van der Waals surface area (Å²) >= 11 is 0. The molecule has 2 rings (SSSR count). The van der Waals surface area contributed by atoms with Gasteiger partial charge in [-0.1, -0.05) is 0 Å². The first kappa shape index (κ1) is 11.8. The van der Waals surface area contributed by atoms with Crippen molar-refractivity contribution in [2.24, 2.45) is 0 Å². The minimum absolute atomic E-state index is 0.185. The summed E-state index contributed by atoms with van der Waals surface area (Å²) in [7, 11) is 0. The lowest BCUT2D eigenvalue weighted by molar-refractivity contribution is 0.112. The van der Waals surface area contributed by atoms with E-state index in [4.69, 9.17) is 4.74 Å². The van der Waals surface area contributed by atoms with Crippen molar-refractivity contribution in [3.05, 3.63) is 62.9 Å². The molecule has 0 fully saturated rings. The number of aromatic nitrogens is 2. The topological polar surface area (TPSA) is 81.2 Å². The molecular weight excluding hydrogens is 236 g/mol. The molecule has 18 heavy (non-hydrogen) atoms. The van der Waals surface area contributed by atoms with E-state index >= 15 is 0 Å². The van der Waals surface area contributed by atoms with E-state index in [-0.39, 0.29) is 6.73 Å². The number of hydrogen-bond acceptors (Lipinski definition) is 4. The van der Waals surface area contributed by atoms with Crippen LogP contribution in [0.2, 0.25) is 0 Å². The Bertz CT molecular complexity index is 627. The van der Waals surface area contributed by atoms with Crippen LogP contribution in [0, 0.1) is 0 Å². The van der Waals surface area contributed by atoms with E-state index in [2.05, 4.69) is 4.98 Å². The zero-order valence-electron chi connectivity index (χ0n) is 9.33. The van der Waals surface area contributed by atoms with Gasteiger partial charge in [-0.2, -0.15) is 0 Å². The molecule has 0 aliphatic rings. The Morgan fingerprint density at radius 3 is 2.50 bits per heavy atom. The molecule has 0 bridgehead atoms. The van der Waals surface area contributed by atoms with Crippen LogP contribution < -0.4 is 16.0 Å². The number of aldehydes is 1. The van der Waals surface area contributed by atoms with Crippen molar-refractivity contribution in [1.29, 1.82) is 0 Å². The molecule has 0 radical (unpaired) electrons. The van der Waals surface area contributed by atoms with Gasteiger partial charge >= 0.3 is 5.69 Å². The van der Waals surface area contributed by atoms with Crippen LogP contribution in [0.3, 0.4) is 0 Å². The van der Waals surface area contributed by atoms with E-state index in [9.17, 15) is 14.4 Å². The van der Waals surface area contributed by atoms with E-state index in [1.54, 1.807) is 24.3 Å². The van der Waals surface area contributed by atoms with Crippen LogP contribution in [0.5, 0.6) is 5.75 Å². The van der Waals surface area contributed by atoms with Crippen LogP contribution >= 0.6 is 0 Å². The van der Waals surface area contributed by atoms with Crippen molar-refractivity contribution in [3.8, 4) is 5.75 Å².